The van der Waals surface area contributed by atoms with Gasteiger partial charge < -0.3 is 4.74 Å². The van der Waals surface area contributed by atoms with Gasteiger partial charge in [0.2, 0.25) is 0 Å². The maximum Gasteiger partial charge on any atom is 0.417 e. The Bertz CT molecular complexity index is 565. The van der Waals surface area contributed by atoms with Crippen LogP contribution in [0.4, 0.5) is 4.79 Å². The summed E-state index contributed by atoms with van der Waals surface area (Å²) in [5.74, 6) is -0.159. The molecule has 4 heteroatoms. The normalized spacial score (nSPS) is 21.3. The molecule has 1 aliphatic carbocycles. The van der Waals surface area contributed by atoms with Gasteiger partial charge in [-0.3, -0.25) is 4.79 Å². The van der Waals surface area contributed by atoms with E-state index >= 15 is 0 Å². The molecule has 2 amide bonds. The molecule has 110 valence electrons. The molecule has 1 fully saturated rings. The van der Waals surface area contributed by atoms with Gasteiger partial charge >= 0.3 is 6.09 Å². The maximum absolute atomic E-state index is 12.4. The Labute approximate surface area is 124 Å². The van der Waals surface area contributed by atoms with E-state index in [0.29, 0.717) is 6.61 Å². The quantitative estimate of drug-likeness (QED) is 0.854. The molecule has 21 heavy (non-hydrogen) atoms. The van der Waals surface area contributed by atoms with Crippen molar-refractivity contribution in [1.29, 1.82) is 0 Å². The fourth-order valence-corrected chi connectivity index (χ4v) is 2.92. The molecule has 0 radical (unpaired) electrons. The van der Waals surface area contributed by atoms with Gasteiger partial charge in [0.05, 0.1) is 6.04 Å². The first-order valence-corrected chi connectivity index (χ1v) is 7.49. The van der Waals surface area contributed by atoms with Crippen molar-refractivity contribution < 1.29 is 14.3 Å². The van der Waals surface area contributed by atoms with Crippen LogP contribution in [0.2, 0.25) is 0 Å². The number of carbonyl (C=O) groups excluding carboxylic acids is 2. The summed E-state index contributed by atoms with van der Waals surface area (Å²) in [5, 5.41) is 0. The van der Waals surface area contributed by atoms with Crippen LogP contribution in [0.3, 0.4) is 0 Å². The van der Waals surface area contributed by atoms with Crippen molar-refractivity contribution >= 4 is 12.0 Å². The molecule has 0 N–H and O–H groups in total. The summed E-state index contributed by atoms with van der Waals surface area (Å²) in [7, 11) is 0. The number of hydrogen-bond donors (Lipinski definition) is 0. The molecule has 1 aromatic rings. The molecule has 2 aliphatic rings. The number of carbonyl (C=O) groups is 2. The molecule has 0 saturated carbocycles. The van der Waals surface area contributed by atoms with Crippen molar-refractivity contribution in [2.45, 2.75) is 38.1 Å². The van der Waals surface area contributed by atoms with Crippen molar-refractivity contribution in [1.82, 2.24) is 4.90 Å². The predicted octanol–water partition coefficient (Wildman–Crippen LogP) is 3.08. The van der Waals surface area contributed by atoms with E-state index in [9.17, 15) is 9.59 Å². The fourth-order valence-electron chi connectivity index (χ4n) is 2.92. The van der Waals surface area contributed by atoms with Crippen molar-refractivity contribution in [3.05, 3.63) is 47.5 Å². The molecule has 3 rings (SSSR count). The Morgan fingerprint density at radius 3 is 2.81 bits per heavy atom. The van der Waals surface area contributed by atoms with E-state index in [-0.39, 0.29) is 11.9 Å². The first-order chi connectivity index (χ1) is 10.3. The Balaban J connectivity index is 1.66. The highest BCUT2D eigenvalue weighted by atomic mass is 16.6. The number of nitrogens with zero attached hydrogens (tertiary/aromatic N) is 1. The number of ether oxygens (including phenoxy) is 1. The Morgan fingerprint density at radius 2 is 2.10 bits per heavy atom. The van der Waals surface area contributed by atoms with Crippen molar-refractivity contribution in [2.24, 2.45) is 0 Å². The minimum Gasteiger partial charge on any atom is -0.447 e. The maximum atomic E-state index is 12.4. The number of benzene rings is 1. The SMILES string of the molecule is O=C1OCC(CCc2ccccc2)N1C(=O)C1=CCCC1. The number of cyclic esters (lactones) is 1. The molecule has 4 nitrogen and oxygen atoms in total. The van der Waals surface area contributed by atoms with Crippen molar-refractivity contribution in [3.63, 3.8) is 0 Å². The first-order valence-electron chi connectivity index (χ1n) is 7.49. The number of allylic oxidation sites excluding steroid dienone is 1. The van der Waals surface area contributed by atoms with E-state index in [1.54, 1.807) is 0 Å². The molecule has 1 saturated heterocycles. The van der Waals surface area contributed by atoms with Crippen LogP contribution in [0.15, 0.2) is 42.0 Å². The molecule has 0 bridgehead atoms. The van der Waals surface area contributed by atoms with Crippen LogP contribution in [0, 0.1) is 0 Å². The average molecular weight is 285 g/mol. The van der Waals surface area contributed by atoms with Gasteiger partial charge in [-0.2, -0.15) is 0 Å². The lowest BCUT2D eigenvalue weighted by molar-refractivity contribution is -0.125. The zero-order valence-corrected chi connectivity index (χ0v) is 12.0. The highest BCUT2D eigenvalue weighted by molar-refractivity contribution is 6.03. The van der Waals surface area contributed by atoms with E-state index in [1.807, 2.05) is 24.3 Å². The second-order valence-electron chi connectivity index (χ2n) is 5.55. The summed E-state index contributed by atoms with van der Waals surface area (Å²) < 4.78 is 5.09. The smallest absolute Gasteiger partial charge is 0.417 e. The summed E-state index contributed by atoms with van der Waals surface area (Å²) in [6, 6.07) is 9.95. The Hall–Kier alpha value is -2.10. The van der Waals surface area contributed by atoms with Gasteiger partial charge in [-0.15, -0.1) is 0 Å². The lowest BCUT2D eigenvalue weighted by atomic mass is 10.0. The highest BCUT2D eigenvalue weighted by Crippen LogP contribution is 2.25. The lowest BCUT2D eigenvalue weighted by Gasteiger charge is -2.20. The number of hydrogen-bond acceptors (Lipinski definition) is 3. The summed E-state index contributed by atoms with van der Waals surface area (Å²) in [4.78, 5) is 25.6. The van der Waals surface area contributed by atoms with Gasteiger partial charge in [0.15, 0.2) is 0 Å². The second kappa shape index (κ2) is 6.12. The summed E-state index contributed by atoms with van der Waals surface area (Å²) >= 11 is 0. The number of aryl methyl sites for hydroxylation is 1. The zero-order chi connectivity index (χ0) is 14.7. The topological polar surface area (TPSA) is 46.6 Å². The average Bonchev–Trinajstić information content (AvgIpc) is 3.15. The molecule has 1 unspecified atom stereocenters. The molecular formula is C17H19NO3. The second-order valence-corrected chi connectivity index (χ2v) is 5.55. The van der Waals surface area contributed by atoms with Gasteiger partial charge in [0, 0.05) is 5.57 Å². The van der Waals surface area contributed by atoms with Crippen LogP contribution in [-0.4, -0.2) is 29.5 Å². The van der Waals surface area contributed by atoms with E-state index < -0.39 is 6.09 Å². The molecule has 1 aliphatic heterocycles. The third-order valence-corrected chi connectivity index (χ3v) is 4.10. The van der Waals surface area contributed by atoms with E-state index in [2.05, 4.69) is 12.1 Å². The number of imide groups is 1. The minimum atomic E-state index is -0.495. The fraction of sp³-hybridized carbons (Fsp3) is 0.412. The first kappa shape index (κ1) is 13.9. The van der Waals surface area contributed by atoms with Crippen LogP contribution in [0.5, 0.6) is 0 Å². The molecule has 0 spiro atoms. The highest BCUT2D eigenvalue weighted by Gasteiger charge is 2.38. The van der Waals surface area contributed by atoms with Crippen molar-refractivity contribution in [3.8, 4) is 0 Å². The van der Waals surface area contributed by atoms with Gasteiger partial charge in [0.1, 0.15) is 6.61 Å². The van der Waals surface area contributed by atoms with Gasteiger partial charge in [-0.25, -0.2) is 9.69 Å². The summed E-state index contributed by atoms with van der Waals surface area (Å²) in [6.07, 6.45) is 5.73. The lowest BCUT2D eigenvalue weighted by Crippen LogP contribution is -2.39. The largest absolute Gasteiger partial charge is 0.447 e. The van der Waals surface area contributed by atoms with Gasteiger partial charge in [-0.1, -0.05) is 36.4 Å². The van der Waals surface area contributed by atoms with E-state index in [1.165, 1.54) is 10.5 Å². The number of amides is 2. The van der Waals surface area contributed by atoms with Crippen LogP contribution >= 0.6 is 0 Å². The minimum absolute atomic E-state index is 0.147. The number of rotatable bonds is 4. The molecule has 1 heterocycles. The third-order valence-electron chi connectivity index (χ3n) is 4.10. The third kappa shape index (κ3) is 2.99. The van der Waals surface area contributed by atoms with Crippen LogP contribution in [0.1, 0.15) is 31.2 Å². The predicted molar refractivity (Wildman–Crippen MR) is 78.7 cm³/mol. The molecular weight excluding hydrogens is 266 g/mol. The van der Waals surface area contributed by atoms with Crippen molar-refractivity contribution in [2.75, 3.05) is 6.61 Å². The summed E-state index contributed by atoms with van der Waals surface area (Å²) in [6.45, 7) is 0.310. The van der Waals surface area contributed by atoms with E-state index in [4.69, 9.17) is 4.74 Å². The zero-order valence-electron chi connectivity index (χ0n) is 12.0. The summed E-state index contributed by atoms with van der Waals surface area (Å²) in [5.41, 5.74) is 1.97. The van der Waals surface area contributed by atoms with Gasteiger partial charge in [-0.05, 0) is 37.7 Å². The molecule has 1 atom stereocenters. The van der Waals surface area contributed by atoms with Crippen LogP contribution in [0.25, 0.3) is 0 Å². The monoisotopic (exact) mass is 285 g/mol. The molecule has 1 aromatic carbocycles. The Morgan fingerprint density at radius 1 is 1.29 bits per heavy atom. The molecule has 0 aromatic heterocycles. The van der Waals surface area contributed by atoms with Crippen LogP contribution in [-0.2, 0) is 16.0 Å². The standard InChI is InChI=1S/C17H19NO3/c19-16(14-8-4-5-9-14)18-15(12-21-17(18)20)11-10-13-6-2-1-3-7-13/h1-3,6-8,15H,4-5,9-12H2. The Kier molecular flexibility index (Phi) is 4.04. The van der Waals surface area contributed by atoms with Gasteiger partial charge in [0.25, 0.3) is 5.91 Å². The van der Waals surface area contributed by atoms with Crippen LogP contribution < -0.4 is 0 Å². The van der Waals surface area contributed by atoms with E-state index in [0.717, 1.165) is 37.7 Å².